The number of hydrogen-bond acceptors (Lipinski definition) is 3. The first kappa shape index (κ1) is 22.6. The van der Waals surface area contributed by atoms with E-state index < -0.39 is 5.41 Å². The maximum Gasteiger partial charge on any atom is 0.243 e. The number of carbonyl (C=O) groups is 1. The van der Waals surface area contributed by atoms with Crippen LogP contribution in [0.4, 0.5) is 0 Å². The summed E-state index contributed by atoms with van der Waals surface area (Å²) >= 11 is 0. The van der Waals surface area contributed by atoms with E-state index in [-0.39, 0.29) is 5.91 Å². The summed E-state index contributed by atoms with van der Waals surface area (Å²) < 4.78 is 5.64. The Hall–Kier alpha value is -3.58. The van der Waals surface area contributed by atoms with Crippen LogP contribution in [0.3, 0.4) is 0 Å². The third-order valence-corrected chi connectivity index (χ3v) is 6.52. The van der Waals surface area contributed by atoms with E-state index >= 15 is 0 Å². The van der Waals surface area contributed by atoms with Crippen molar-refractivity contribution < 1.29 is 9.53 Å². The van der Waals surface area contributed by atoms with E-state index in [1.807, 2.05) is 47.4 Å². The highest BCUT2D eigenvalue weighted by atomic mass is 16.5. The Labute approximate surface area is 196 Å². The molecule has 0 saturated heterocycles. The van der Waals surface area contributed by atoms with Crippen molar-refractivity contribution in [2.75, 3.05) is 20.2 Å². The Morgan fingerprint density at radius 2 is 1.82 bits per heavy atom. The summed E-state index contributed by atoms with van der Waals surface area (Å²) in [5.41, 5.74) is 1.78. The number of para-hydroxylation sites is 1. The molecule has 0 spiro atoms. The average molecular weight is 439 g/mol. The van der Waals surface area contributed by atoms with E-state index in [0.29, 0.717) is 19.5 Å². The molecule has 1 heterocycles. The monoisotopic (exact) mass is 438 g/mol. The molecule has 0 bridgehead atoms. The Kier molecular flexibility index (Phi) is 6.79. The number of nitrogens with zero attached hydrogens (tertiary/aromatic N) is 2. The number of rotatable bonds is 5. The quantitative estimate of drug-likeness (QED) is 0.449. The maximum atomic E-state index is 13.7. The fourth-order valence-corrected chi connectivity index (χ4v) is 4.67. The van der Waals surface area contributed by atoms with Crippen LogP contribution in [-0.4, -0.2) is 31.0 Å². The topological polar surface area (TPSA) is 53.3 Å². The number of allylic oxidation sites excluding steroid dienone is 1. The second kappa shape index (κ2) is 9.92. The normalized spacial score (nSPS) is 16.8. The van der Waals surface area contributed by atoms with Gasteiger partial charge in [-0.25, -0.2) is 0 Å². The number of hydrogen-bond donors (Lipinski definition) is 0. The van der Waals surface area contributed by atoms with E-state index in [0.717, 1.165) is 52.5 Å². The van der Waals surface area contributed by atoms with Crippen molar-refractivity contribution in [1.29, 1.82) is 5.26 Å². The van der Waals surface area contributed by atoms with Gasteiger partial charge in [-0.3, -0.25) is 4.79 Å². The van der Waals surface area contributed by atoms with Crippen LogP contribution < -0.4 is 4.74 Å². The zero-order valence-corrected chi connectivity index (χ0v) is 19.4. The molecule has 0 aliphatic carbocycles. The molecule has 4 nitrogen and oxygen atoms in total. The van der Waals surface area contributed by atoms with Crippen molar-refractivity contribution in [3.05, 3.63) is 78.4 Å². The van der Waals surface area contributed by atoms with Crippen molar-refractivity contribution in [1.82, 2.24) is 4.90 Å². The number of nitriles is 1. The summed E-state index contributed by atoms with van der Waals surface area (Å²) in [6.07, 6.45) is 7.58. The van der Waals surface area contributed by atoms with Crippen molar-refractivity contribution >= 4 is 16.7 Å². The Morgan fingerprint density at radius 1 is 1.03 bits per heavy atom. The second-order valence-electron chi connectivity index (χ2n) is 8.85. The number of ether oxygens (including phenoxy) is 1. The average Bonchev–Trinajstić information content (AvgIpc) is 2.83. The van der Waals surface area contributed by atoms with Crippen LogP contribution in [0.25, 0.3) is 21.9 Å². The van der Waals surface area contributed by atoms with Crippen LogP contribution in [0.1, 0.15) is 31.7 Å². The van der Waals surface area contributed by atoms with E-state index in [4.69, 9.17) is 4.74 Å². The summed E-state index contributed by atoms with van der Waals surface area (Å²) in [6, 6.07) is 22.6. The summed E-state index contributed by atoms with van der Waals surface area (Å²) in [6.45, 7) is 3.03. The van der Waals surface area contributed by atoms with E-state index in [9.17, 15) is 10.1 Å². The zero-order chi connectivity index (χ0) is 23.3. The lowest BCUT2D eigenvalue weighted by atomic mass is 9.79. The van der Waals surface area contributed by atoms with E-state index in [2.05, 4.69) is 36.4 Å². The van der Waals surface area contributed by atoms with E-state index in [1.54, 1.807) is 14.0 Å². The first-order valence-electron chi connectivity index (χ1n) is 11.6. The smallest absolute Gasteiger partial charge is 0.243 e. The van der Waals surface area contributed by atoms with Gasteiger partial charge in [0.1, 0.15) is 11.2 Å². The molecular formula is C29H30N2O2. The first-order chi connectivity index (χ1) is 16.1. The molecule has 1 amide bonds. The second-order valence-corrected chi connectivity index (χ2v) is 8.85. The molecule has 3 aromatic carbocycles. The molecule has 0 N–H and O–H groups in total. The number of benzene rings is 3. The summed E-state index contributed by atoms with van der Waals surface area (Å²) in [5, 5.41) is 12.4. The highest BCUT2D eigenvalue weighted by Gasteiger charge is 2.38. The van der Waals surface area contributed by atoms with Crippen LogP contribution in [0, 0.1) is 16.7 Å². The van der Waals surface area contributed by atoms with Crippen molar-refractivity contribution in [2.45, 2.75) is 32.6 Å². The SMILES string of the molecule is COc1ccccc1-c1ccc2ccccc2c1CC(C)(C#N)C(=O)N1C/C=C\CCCC1. The number of carbonyl (C=O) groups excluding carboxylic acids is 1. The summed E-state index contributed by atoms with van der Waals surface area (Å²) in [4.78, 5) is 15.5. The summed E-state index contributed by atoms with van der Waals surface area (Å²) in [5.74, 6) is 0.670. The molecule has 1 atom stereocenters. The highest BCUT2D eigenvalue weighted by molar-refractivity contribution is 5.94. The van der Waals surface area contributed by atoms with Crippen LogP contribution in [0.5, 0.6) is 5.75 Å². The maximum absolute atomic E-state index is 13.7. The van der Waals surface area contributed by atoms with Gasteiger partial charge < -0.3 is 9.64 Å². The lowest BCUT2D eigenvalue weighted by molar-refractivity contribution is -0.137. The Morgan fingerprint density at radius 3 is 2.64 bits per heavy atom. The van der Waals surface area contributed by atoms with Crippen molar-refractivity contribution in [3.63, 3.8) is 0 Å². The molecule has 4 rings (SSSR count). The fourth-order valence-electron chi connectivity index (χ4n) is 4.67. The molecule has 0 fully saturated rings. The first-order valence-corrected chi connectivity index (χ1v) is 11.6. The number of fused-ring (bicyclic) bond motifs is 1. The van der Waals surface area contributed by atoms with Gasteiger partial charge in [0.2, 0.25) is 5.91 Å². The molecule has 3 aromatic rings. The Balaban J connectivity index is 1.82. The van der Waals surface area contributed by atoms with Crippen molar-refractivity contribution in [2.24, 2.45) is 5.41 Å². The molecule has 0 aromatic heterocycles. The highest BCUT2D eigenvalue weighted by Crippen LogP contribution is 2.39. The van der Waals surface area contributed by atoms with Crippen LogP contribution in [0.15, 0.2) is 72.8 Å². The lowest BCUT2D eigenvalue weighted by Crippen LogP contribution is -2.44. The molecule has 1 unspecified atom stereocenters. The van der Waals surface area contributed by atoms with Crippen LogP contribution in [-0.2, 0) is 11.2 Å². The predicted octanol–water partition coefficient (Wildman–Crippen LogP) is 6.16. The summed E-state index contributed by atoms with van der Waals surface area (Å²) in [7, 11) is 1.66. The Bertz CT molecular complexity index is 1220. The predicted molar refractivity (Wildman–Crippen MR) is 133 cm³/mol. The van der Waals surface area contributed by atoms with Gasteiger partial charge in [0.25, 0.3) is 0 Å². The minimum atomic E-state index is -1.17. The lowest BCUT2D eigenvalue weighted by Gasteiger charge is -2.31. The van der Waals surface area contributed by atoms with Gasteiger partial charge in [0, 0.05) is 25.1 Å². The van der Waals surface area contributed by atoms with Gasteiger partial charge in [0.15, 0.2) is 0 Å². The van der Waals surface area contributed by atoms with Gasteiger partial charge in [0.05, 0.1) is 13.2 Å². The van der Waals surface area contributed by atoms with Crippen molar-refractivity contribution in [3.8, 4) is 22.9 Å². The fraction of sp³-hybridized carbons (Fsp3) is 0.310. The molecule has 168 valence electrons. The third-order valence-electron chi connectivity index (χ3n) is 6.52. The largest absolute Gasteiger partial charge is 0.496 e. The van der Waals surface area contributed by atoms with Gasteiger partial charge in [-0.05, 0) is 54.2 Å². The molecular weight excluding hydrogens is 408 g/mol. The molecule has 33 heavy (non-hydrogen) atoms. The zero-order valence-electron chi connectivity index (χ0n) is 19.4. The van der Waals surface area contributed by atoms with Crippen LogP contribution >= 0.6 is 0 Å². The van der Waals surface area contributed by atoms with Crippen LogP contribution in [0.2, 0.25) is 0 Å². The van der Waals surface area contributed by atoms with Gasteiger partial charge in [-0.2, -0.15) is 5.26 Å². The van der Waals surface area contributed by atoms with Gasteiger partial charge in [-0.15, -0.1) is 0 Å². The number of amides is 1. The molecule has 1 aliphatic rings. The standard InChI is InChI=1S/C29H30N2O2/c1-29(21-30,28(32)31-18-10-4-3-5-11-19-31)20-26-23-13-7-6-12-22(23)16-17-24(26)25-14-8-9-15-27(25)33-2/h4,6-10,12-17H,3,5,11,18-20H2,1-2H3/b10-4-. The molecule has 0 saturated carbocycles. The molecule has 4 heteroatoms. The third kappa shape index (κ3) is 4.64. The van der Waals surface area contributed by atoms with Gasteiger partial charge >= 0.3 is 0 Å². The minimum absolute atomic E-state index is 0.101. The molecule has 1 aliphatic heterocycles. The van der Waals surface area contributed by atoms with Gasteiger partial charge in [-0.1, -0.05) is 66.7 Å². The van der Waals surface area contributed by atoms with E-state index in [1.165, 1.54) is 0 Å². The molecule has 0 radical (unpaired) electrons. The number of methoxy groups -OCH3 is 1. The minimum Gasteiger partial charge on any atom is -0.496 e.